The van der Waals surface area contributed by atoms with Crippen molar-refractivity contribution in [2.45, 2.75) is 96.0 Å². The molecule has 4 nitrogen and oxygen atoms in total. The molecule has 0 aromatic rings. The fraction of sp³-hybridized carbons (Fsp3) is 0.630. The number of hydrogen-bond acceptors (Lipinski definition) is 4. The van der Waals surface area contributed by atoms with E-state index in [1.54, 1.807) is 0 Å². The molecule has 0 saturated carbocycles. The van der Waals surface area contributed by atoms with Crippen LogP contribution in [0.5, 0.6) is 0 Å². The molecule has 0 atom stereocenters. The predicted molar refractivity (Wildman–Crippen MR) is 141 cm³/mol. The van der Waals surface area contributed by atoms with Gasteiger partial charge in [-0.15, -0.1) is 26.3 Å². The quantitative estimate of drug-likeness (QED) is 0.0631. The van der Waals surface area contributed by atoms with Crippen molar-refractivity contribution in [1.82, 2.24) is 0 Å². The molecule has 0 N–H and O–H groups in total. The number of carbonyl (C=O) groups is 2. The zero-order valence-electron chi connectivity index (χ0n) is 29.0. The van der Waals surface area contributed by atoms with Crippen LogP contribution in [0.1, 0.15) is 6.42 Å². The normalized spacial score (nSPS) is 14.7. The first kappa shape index (κ1) is 65.3. The average molecular weight is 1010 g/mol. The molecule has 0 unspecified atom stereocenters. The molecule has 0 amide bonds. The molecule has 0 aromatic carbocycles. The fourth-order valence-electron chi connectivity index (χ4n) is 2.88. The molecule has 0 rings (SSSR count). The summed E-state index contributed by atoms with van der Waals surface area (Å²) >= 11 is 0. The third kappa shape index (κ3) is 10.8. The Morgan fingerprint density at radius 1 is 0.349 bits per heavy atom. The number of rotatable bonds is 17. The van der Waals surface area contributed by atoms with E-state index in [2.05, 4.69) is 48.9 Å². The Balaban J connectivity index is -0.000000518. The molecule has 0 spiro atoms. The second-order valence-corrected chi connectivity index (χ2v) is 10.3. The Hall–Kier alpha value is -4.34. The first-order chi connectivity index (χ1) is 27.2. The zero-order valence-corrected chi connectivity index (χ0v) is 29.0. The Morgan fingerprint density at radius 2 is 0.571 bits per heavy atom. The molecule has 63 heavy (non-hydrogen) atoms. The van der Waals surface area contributed by atoms with Gasteiger partial charge in [0.05, 0.1) is 13.0 Å². The smallest absolute Gasteiger partial charge is 0.462 e. The molecule has 0 aromatic heterocycles. The zero-order chi connectivity index (χ0) is 52.9. The maximum Gasteiger partial charge on any atom is 0.473 e. The number of hydrogen-bond donors (Lipinski definition) is 0. The van der Waals surface area contributed by atoms with Gasteiger partial charge in [-0.1, -0.05) is 13.2 Å². The lowest BCUT2D eigenvalue weighted by Gasteiger charge is -2.42. The van der Waals surface area contributed by atoms with E-state index in [0.29, 0.717) is 0 Å². The Morgan fingerprint density at radius 3 is 0.810 bits per heavy atom. The lowest BCUT2D eigenvalue weighted by Crippen LogP contribution is -2.74. The number of ether oxygens (including phenoxy) is 2. The summed E-state index contributed by atoms with van der Waals surface area (Å²) in [6, 6.07) is 0. The molecular weight excluding hydrogens is 996 g/mol. The van der Waals surface area contributed by atoms with E-state index in [9.17, 15) is 150 Å². The Bertz CT molecular complexity index is 1550. The molecule has 0 saturated heterocycles. The average Bonchev–Trinajstić information content (AvgIpc) is 3.11. The van der Waals surface area contributed by atoms with E-state index in [1.165, 1.54) is 0 Å². The highest BCUT2D eigenvalue weighted by Gasteiger charge is 2.96. The van der Waals surface area contributed by atoms with Crippen LogP contribution in [-0.2, 0) is 19.1 Å². The molecular formula is C27H18F32O4. The molecule has 0 heterocycles. The first-order valence-electron chi connectivity index (χ1n) is 13.9. The lowest BCUT2D eigenvalue weighted by atomic mass is 9.88. The first-order valence-corrected chi connectivity index (χ1v) is 13.9. The minimum Gasteiger partial charge on any atom is -0.462 e. The van der Waals surface area contributed by atoms with E-state index >= 15 is 0 Å². The van der Waals surface area contributed by atoms with Gasteiger partial charge in [0.2, 0.25) is 0 Å². The van der Waals surface area contributed by atoms with Crippen molar-refractivity contribution in [1.29, 1.82) is 0 Å². The van der Waals surface area contributed by atoms with Gasteiger partial charge in [0.1, 0.15) is 0 Å². The molecule has 0 bridgehead atoms. The van der Waals surface area contributed by atoms with Crippen LogP contribution in [0.3, 0.4) is 0 Å². The van der Waals surface area contributed by atoms with E-state index < -0.39 is 121 Å². The van der Waals surface area contributed by atoms with Crippen molar-refractivity contribution in [3.8, 4) is 0 Å². The molecule has 0 aliphatic heterocycles. The summed E-state index contributed by atoms with van der Waals surface area (Å²) in [5.41, 5.74) is 0. The van der Waals surface area contributed by atoms with E-state index in [-0.39, 0.29) is 6.08 Å². The number of halogens is 32. The van der Waals surface area contributed by atoms with E-state index in [0.717, 1.165) is 0 Å². The standard InChI is InChI=1S/C13H7F17O2.C10H3F15O2.2C2H4/c1-2-5(31)32-4-3-6(14,15)7(16,17)8(18,19)9(20,21)10(22,23)11(24,25)12(26,27)13(28,29)30;1-2-3(26)27-10(24,25)8(19,20)6(15,16)4(11,12)5(13,14)7(17,18)9(21,22)23;2*1-2/h2H,1,3-4H2;2H,1H2;2*1-2H2. The second-order valence-electron chi connectivity index (χ2n) is 10.3. The lowest BCUT2D eigenvalue weighted by molar-refractivity contribution is -0.467. The Kier molecular flexibility index (Phi) is 20.1. The topological polar surface area (TPSA) is 52.6 Å². The number of alkyl halides is 32. The minimum absolute atomic E-state index is 0.197. The van der Waals surface area contributed by atoms with Gasteiger partial charge in [-0.2, -0.15) is 140 Å². The highest BCUT2D eigenvalue weighted by atomic mass is 19.4. The second kappa shape index (κ2) is 19.4. The van der Waals surface area contributed by atoms with Gasteiger partial charge < -0.3 is 9.47 Å². The molecule has 0 aliphatic carbocycles. The SMILES string of the molecule is C=C.C=C.C=CC(=O)OC(F)(F)C(F)(F)C(F)(F)C(F)(F)C(F)(F)C(F)(F)C(F)(F)F.C=CC(=O)OCCC(F)(F)C(F)(F)C(F)(F)C(F)(F)C(F)(F)C(F)(F)C(F)(F)C(F)(F)F. The summed E-state index contributed by atoms with van der Waals surface area (Å²) in [5, 5.41) is 0. The summed E-state index contributed by atoms with van der Waals surface area (Å²) in [6.07, 6.45) is -25.6. The van der Waals surface area contributed by atoms with Gasteiger partial charge in [-0.25, -0.2) is 9.59 Å². The Labute approximate surface area is 326 Å². The number of esters is 2. The van der Waals surface area contributed by atoms with E-state index in [1.807, 2.05) is 0 Å². The van der Waals surface area contributed by atoms with Gasteiger partial charge in [-0.05, 0) is 0 Å². The summed E-state index contributed by atoms with van der Waals surface area (Å²) in [6.45, 7) is 15.0. The van der Waals surface area contributed by atoms with Crippen molar-refractivity contribution in [2.75, 3.05) is 6.61 Å². The maximum atomic E-state index is 13.4. The molecule has 0 aliphatic rings. The van der Waals surface area contributed by atoms with Crippen LogP contribution in [0.15, 0.2) is 51.6 Å². The largest absolute Gasteiger partial charge is 0.473 e. The summed E-state index contributed by atoms with van der Waals surface area (Å²) in [4.78, 5) is 20.9. The summed E-state index contributed by atoms with van der Waals surface area (Å²) in [7, 11) is 0. The van der Waals surface area contributed by atoms with Crippen LogP contribution in [0.4, 0.5) is 140 Å². The molecule has 374 valence electrons. The van der Waals surface area contributed by atoms with Crippen LogP contribution >= 0.6 is 0 Å². The highest BCUT2D eigenvalue weighted by Crippen LogP contribution is 2.65. The minimum atomic E-state index is -8.67. The fourth-order valence-corrected chi connectivity index (χ4v) is 2.88. The maximum absolute atomic E-state index is 13.4. The molecule has 0 radical (unpaired) electrons. The van der Waals surface area contributed by atoms with Crippen LogP contribution < -0.4 is 0 Å². The number of carbonyl (C=O) groups excluding carboxylic acids is 2. The molecule has 36 heteroatoms. The van der Waals surface area contributed by atoms with Crippen LogP contribution in [0, 0.1) is 0 Å². The highest BCUT2D eigenvalue weighted by molar-refractivity contribution is 5.81. The van der Waals surface area contributed by atoms with Crippen LogP contribution in [0.25, 0.3) is 0 Å². The van der Waals surface area contributed by atoms with Gasteiger partial charge in [0, 0.05) is 12.2 Å². The van der Waals surface area contributed by atoms with Gasteiger partial charge in [0.15, 0.2) is 0 Å². The third-order valence-corrected chi connectivity index (χ3v) is 6.31. The van der Waals surface area contributed by atoms with Gasteiger partial charge >= 0.3 is 101 Å². The van der Waals surface area contributed by atoms with Crippen LogP contribution in [-0.4, -0.2) is 108 Å². The van der Waals surface area contributed by atoms with Crippen molar-refractivity contribution in [3.63, 3.8) is 0 Å². The van der Waals surface area contributed by atoms with Gasteiger partial charge in [-0.3, -0.25) is 0 Å². The van der Waals surface area contributed by atoms with Crippen LogP contribution in [0.2, 0.25) is 0 Å². The predicted octanol–water partition coefficient (Wildman–Crippen LogP) is 12.8. The van der Waals surface area contributed by atoms with Crippen molar-refractivity contribution in [3.05, 3.63) is 51.6 Å². The van der Waals surface area contributed by atoms with Crippen molar-refractivity contribution in [2.24, 2.45) is 0 Å². The molecule has 0 fully saturated rings. The van der Waals surface area contributed by atoms with Crippen molar-refractivity contribution >= 4 is 11.9 Å². The van der Waals surface area contributed by atoms with E-state index in [4.69, 9.17) is 0 Å². The van der Waals surface area contributed by atoms with Crippen molar-refractivity contribution < 1.29 is 160 Å². The summed E-state index contributed by atoms with van der Waals surface area (Å²) < 4.78 is 416. The summed E-state index contributed by atoms with van der Waals surface area (Å²) in [5.74, 6) is -102. The monoisotopic (exact) mass is 1010 g/mol. The van der Waals surface area contributed by atoms with Gasteiger partial charge in [0.25, 0.3) is 0 Å². The third-order valence-electron chi connectivity index (χ3n) is 6.31.